The summed E-state index contributed by atoms with van der Waals surface area (Å²) in [6, 6.07) is 17.9. The lowest BCUT2D eigenvalue weighted by Gasteiger charge is -2.18. The van der Waals surface area contributed by atoms with E-state index in [2.05, 4.69) is 78.5 Å². The number of nitrogens with one attached hydrogen (secondary N) is 2. The highest BCUT2D eigenvalue weighted by molar-refractivity contribution is 9.10. The fourth-order valence-electron chi connectivity index (χ4n) is 3.40. The maximum Gasteiger partial charge on any atom is 0.221 e. The summed E-state index contributed by atoms with van der Waals surface area (Å²) in [4.78, 5) is 11.3. The molecular weight excluding hydrogens is 518 g/mol. The summed E-state index contributed by atoms with van der Waals surface area (Å²) in [5.41, 5.74) is 11.8. The minimum absolute atomic E-state index is 0.153. The molecule has 0 aliphatic rings. The molecule has 6 nitrogen and oxygen atoms in total. The number of hydrogen-bond acceptors (Lipinski definition) is 5. The van der Waals surface area contributed by atoms with Gasteiger partial charge in [-0.3, -0.25) is 4.79 Å². The second kappa shape index (κ2) is 14.4. The number of nitrogens with two attached hydrogens (primary N) is 1. The van der Waals surface area contributed by atoms with Gasteiger partial charge in [0.25, 0.3) is 0 Å². The summed E-state index contributed by atoms with van der Waals surface area (Å²) in [5, 5.41) is 6.04. The van der Waals surface area contributed by atoms with Crippen molar-refractivity contribution in [2.45, 2.75) is 53.6 Å². The predicted octanol–water partition coefficient (Wildman–Crippen LogP) is 7.52. The normalized spacial score (nSPS) is 10.3. The third kappa shape index (κ3) is 8.48. The van der Waals surface area contributed by atoms with Crippen LogP contribution in [0.4, 0.5) is 17.1 Å². The fourth-order valence-corrected chi connectivity index (χ4v) is 3.83. The molecule has 0 saturated carbocycles. The van der Waals surface area contributed by atoms with Gasteiger partial charge in [-0.1, -0.05) is 62.7 Å². The molecule has 3 rings (SSSR count). The molecule has 0 atom stereocenters. The Hall–Kier alpha value is -3.19. The van der Waals surface area contributed by atoms with Crippen molar-refractivity contribution in [3.63, 3.8) is 0 Å². The summed E-state index contributed by atoms with van der Waals surface area (Å²) >= 11 is 3.55. The van der Waals surface area contributed by atoms with Gasteiger partial charge in [0, 0.05) is 23.5 Å². The van der Waals surface area contributed by atoms with E-state index in [1.807, 2.05) is 18.2 Å². The Morgan fingerprint density at radius 1 is 1.08 bits per heavy atom. The molecule has 0 aliphatic carbocycles. The number of methoxy groups -OCH3 is 1. The van der Waals surface area contributed by atoms with Crippen molar-refractivity contribution in [3.05, 3.63) is 75.8 Å². The number of carbonyl (C=O) groups excluding carboxylic acids is 1. The van der Waals surface area contributed by atoms with Crippen molar-refractivity contribution in [2.24, 2.45) is 0 Å². The second-order valence-corrected chi connectivity index (χ2v) is 9.59. The quantitative estimate of drug-likeness (QED) is 0.238. The number of ether oxygens (including phenoxy) is 2. The molecule has 0 saturated heterocycles. The van der Waals surface area contributed by atoms with E-state index in [0.717, 1.165) is 28.7 Å². The molecule has 0 bridgehead atoms. The second-order valence-electron chi connectivity index (χ2n) is 8.80. The molecule has 3 aromatic rings. The molecule has 36 heavy (non-hydrogen) atoms. The minimum Gasteiger partial charge on any atom is -0.494 e. The number of hydrogen-bond donors (Lipinski definition) is 3. The molecule has 7 heteroatoms. The molecule has 194 valence electrons. The van der Waals surface area contributed by atoms with Crippen LogP contribution in [-0.2, 0) is 11.4 Å². The lowest BCUT2D eigenvalue weighted by Crippen LogP contribution is -2.09. The molecule has 0 aromatic heterocycles. The Kier molecular flexibility index (Phi) is 11.6. The van der Waals surface area contributed by atoms with Gasteiger partial charge in [-0.25, -0.2) is 0 Å². The Morgan fingerprint density at radius 2 is 1.75 bits per heavy atom. The highest BCUT2D eigenvalue weighted by Crippen LogP contribution is 2.40. The number of nitrogen functional groups attached to an aromatic ring is 1. The summed E-state index contributed by atoms with van der Waals surface area (Å²) in [7, 11) is 1.61. The SMILES string of the molecule is CCCNc1c(OC)cc(COc2ccccc2NC(C)=O)c(Br)c1N.Cc1ccc(C(C)C)cc1. The van der Waals surface area contributed by atoms with Crippen molar-refractivity contribution >= 4 is 38.9 Å². The first-order chi connectivity index (χ1) is 17.2. The molecule has 0 heterocycles. The van der Waals surface area contributed by atoms with Crippen LogP contribution >= 0.6 is 15.9 Å². The van der Waals surface area contributed by atoms with Gasteiger partial charge in [-0.15, -0.1) is 0 Å². The zero-order valence-electron chi connectivity index (χ0n) is 22.1. The van der Waals surface area contributed by atoms with E-state index >= 15 is 0 Å². The molecule has 0 spiro atoms. The van der Waals surface area contributed by atoms with Crippen molar-refractivity contribution in [1.82, 2.24) is 0 Å². The Labute approximate surface area is 223 Å². The van der Waals surface area contributed by atoms with Gasteiger partial charge in [0.15, 0.2) is 0 Å². The van der Waals surface area contributed by atoms with Gasteiger partial charge in [-0.2, -0.15) is 0 Å². The van der Waals surface area contributed by atoms with E-state index in [-0.39, 0.29) is 12.5 Å². The maximum absolute atomic E-state index is 11.3. The minimum atomic E-state index is -0.153. The van der Waals surface area contributed by atoms with Crippen LogP contribution in [0.5, 0.6) is 11.5 Å². The zero-order valence-corrected chi connectivity index (χ0v) is 23.7. The first kappa shape index (κ1) is 29.0. The van der Waals surface area contributed by atoms with E-state index in [9.17, 15) is 4.79 Å². The van der Waals surface area contributed by atoms with Crippen LogP contribution in [0.2, 0.25) is 0 Å². The van der Waals surface area contributed by atoms with Crippen molar-refractivity contribution in [1.29, 1.82) is 0 Å². The molecule has 0 radical (unpaired) electrons. The van der Waals surface area contributed by atoms with E-state index in [1.165, 1.54) is 18.1 Å². The largest absolute Gasteiger partial charge is 0.494 e. The van der Waals surface area contributed by atoms with Crippen LogP contribution in [0.3, 0.4) is 0 Å². The van der Waals surface area contributed by atoms with Gasteiger partial charge >= 0.3 is 0 Å². The number of benzene rings is 3. The first-order valence-electron chi connectivity index (χ1n) is 12.1. The van der Waals surface area contributed by atoms with E-state index < -0.39 is 0 Å². The Bertz CT molecular complexity index is 1130. The average molecular weight is 557 g/mol. The standard InChI is InChI=1S/C19H24BrN3O3.C10H14/c1-4-9-22-19-16(25-3)10-13(17(20)18(19)21)11-26-15-8-6-5-7-14(15)23-12(2)24;1-8(2)10-6-4-9(3)5-7-10/h5-8,10,22H,4,9,11,21H2,1-3H3,(H,23,24);4-8H,1-3H3. The average Bonchev–Trinajstić information content (AvgIpc) is 2.85. The third-order valence-corrected chi connectivity index (χ3v) is 6.37. The summed E-state index contributed by atoms with van der Waals surface area (Å²) in [6.45, 7) is 11.2. The zero-order chi connectivity index (χ0) is 26.7. The number of halogens is 1. The van der Waals surface area contributed by atoms with Crippen LogP contribution < -0.4 is 25.8 Å². The van der Waals surface area contributed by atoms with Crippen LogP contribution in [0.15, 0.2) is 59.1 Å². The van der Waals surface area contributed by atoms with Crippen LogP contribution in [0.25, 0.3) is 0 Å². The molecule has 0 unspecified atom stereocenters. The molecule has 1 amide bonds. The molecule has 4 N–H and O–H groups in total. The van der Waals surface area contributed by atoms with Crippen LogP contribution in [0.1, 0.15) is 56.7 Å². The summed E-state index contributed by atoms with van der Waals surface area (Å²) in [5.74, 6) is 1.74. The van der Waals surface area contributed by atoms with Crippen LogP contribution in [0, 0.1) is 6.92 Å². The lowest BCUT2D eigenvalue weighted by atomic mass is 10.0. The van der Waals surface area contributed by atoms with Gasteiger partial charge in [0.05, 0.1) is 18.5 Å². The Balaban J connectivity index is 0.000000380. The van der Waals surface area contributed by atoms with Crippen molar-refractivity contribution < 1.29 is 14.3 Å². The van der Waals surface area contributed by atoms with E-state index in [4.69, 9.17) is 15.2 Å². The monoisotopic (exact) mass is 555 g/mol. The number of anilines is 3. The third-order valence-electron chi connectivity index (χ3n) is 5.44. The number of para-hydroxylation sites is 2. The topological polar surface area (TPSA) is 85.6 Å². The smallest absolute Gasteiger partial charge is 0.221 e. The molecule has 3 aromatic carbocycles. The number of carbonyl (C=O) groups is 1. The van der Waals surface area contributed by atoms with Gasteiger partial charge in [0.1, 0.15) is 23.8 Å². The van der Waals surface area contributed by atoms with E-state index in [1.54, 1.807) is 19.2 Å². The van der Waals surface area contributed by atoms with Crippen LogP contribution in [-0.4, -0.2) is 19.6 Å². The number of aryl methyl sites for hydroxylation is 1. The number of amides is 1. The Morgan fingerprint density at radius 3 is 2.33 bits per heavy atom. The predicted molar refractivity (Wildman–Crippen MR) is 154 cm³/mol. The highest BCUT2D eigenvalue weighted by Gasteiger charge is 2.16. The molecule has 0 fully saturated rings. The molecular formula is C29H38BrN3O3. The van der Waals surface area contributed by atoms with Gasteiger partial charge < -0.3 is 25.8 Å². The number of rotatable bonds is 9. The van der Waals surface area contributed by atoms with Crippen molar-refractivity contribution in [3.8, 4) is 11.5 Å². The van der Waals surface area contributed by atoms with Crippen molar-refractivity contribution in [2.75, 3.05) is 30.0 Å². The van der Waals surface area contributed by atoms with Gasteiger partial charge in [-0.05, 0) is 59.0 Å². The lowest BCUT2D eigenvalue weighted by molar-refractivity contribution is -0.114. The highest BCUT2D eigenvalue weighted by atomic mass is 79.9. The molecule has 0 aliphatic heterocycles. The fraction of sp³-hybridized carbons (Fsp3) is 0.345. The summed E-state index contributed by atoms with van der Waals surface area (Å²) < 4.78 is 12.1. The summed E-state index contributed by atoms with van der Waals surface area (Å²) in [6.07, 6.45) is 0.977. The van der Waals surface area contributed by atoms with E-state index in [0.29, 0.717) is 28.8 Å². The maximum atomic E-state index is 11.3. The first-order valence-corrected chi connectivity index (χ1v) is 12.9. The van der Waals surface area contributed by atoms with Gasteiger partial charge in [0.2, 0.25) is 5.91 Å².